The van der Waals surface area contributed by atoms with Crippen molar-refractivity contribution in [2.75, 3.05) is 19.3 Å². The van der Waals surface area contributed by atoms with Crippen LogP contribution >= 0.6 is 23.4 Å². The average Bonchev–Trinajstić information content (AvgIpc) is 3.61. The average molecular weight is 494 g/mol. The van der Waals surface area contributed by atoms with Gasteiger partial charge in [-0.15, -0.1) is 23.4 Å². The minimum atomic E-state index is -1.37. The Bertz CT molecular complexity index is 598. The van der Waals surface area contributed by atoms with Crippen molar-refractivity contribution in [1.82, 2.24) is 16.0 Å². The van der Waals surface area contributed by atoms with Gasteiger partial charge in [0.2, 0.25) is 5.91 Å². The Balaban J connectivity index is 1.51. The van der Waals surface area contributed by atoms with E-state index in [-0.39, 0.29) is 11.9 Å². The first kappa shape index (κ1) is 26.5. The molecule has 0 radical (unpaired) electrons. The second-order valence-corrected chi connectivity index (χ2v) is 11.1. The van der Waals surface area contributed by atoms with E-state index in [1.165, 1.54) is 37.4 Å². The number of hydrogen-bond donors (Lipinski definition) is 6. The van der Waals surface area contributed by atoms with Gasteiger partial charge in [-0.2, -0.15) is 0 Å². The van der Waals surface area contributed by atoms with E-state index in [2.05, 4.69) is 16.0 Å². The van der Waals surface area contributed by atoms with Gasteiger partial charge in [0, 0.05) is 6.04 Å². The fourth-order valence-corrected chi connectivity index (χ4v) is 5.58. The van der Waals surface area contributed by atoms with Crippen molar-refractivity contribution in [2.24, 2.45) is 5.92 Å². The maximum Gasteiger partial charge on any atom is 0.237 e. The van der Waals surface area contributed by atoms with E-state index in [9.17, 15) is 20.1 Å². The lowest BCUT2D eigenvalue weighted by molar-refractivity contribution is -0.205. The van der Waals surface area contributed by atoms with Gasteiger partial charge in [-0.1, -0.05) is 0 Å². The lowest BCUT2D eigenvalue weighted by atomic mass is 9.92. The highest BCUT2D eigenvalue weighted by Crippen LogP contribution is 2.30. The summed E-state index contributed by atoms with van der Waals surface area (Å²) in [5, 5.41) is 40.2. The SMILES string of the molecule is CSC1O[C@H]([C@H](NC(=O)[C@@H]2CC[C@H](CCCNC3CC3)CCN2)[C@H](C)Cl)C(O)C(O)[C@H]1O. The number of carbonyl (C=O) groups is 1. The lowest BCUT2D eigenvalue weighted by Crippen LogP contribution is -2.65. The molecule has 3 rings (SSSR count). The molecule has 0 spiro atoms. The number of alkyl halides is 1. The monoisotopic (exact) mass is 493 g/mol. The molecule has 2 heterocycles. The third-order valence-electron chi connectivity index (χ3n) is 6.92. The smallest absolute Gasteiger partial charge is 0.237 e. The number of aliphatic hydroxyl groups is 3. The van der Waals surface area contributed by atoms with Crippen LogP contribution in [0, 0.1) is 5.92 Å². The summed E-state index contributed by atoms with van der Waals surface area (Å²) in [6.07, 6.45) is 4.69. The molecule has 3 aliphatic rings. The standard InChI is InChI=1S/C22H40ClN3O5S/c1-12(23)16(20-18(28)17(27)19(29)22(31-20)32-2)26-21(30)15-8-5-13(9-11-25-15)4-3-10-24-14-6-7-14/h12-20,22,24-25,27-29H,3-11H2,1-2H3,(H,26,30)/t12-,13-,15-,16+,17?,18?,19+,20+,22?/m0/s1. The first-order valence-electron chi connectivity index (χ1n) is 12.0. The van der Waals surface area contributed by atoms with Crippen LogP contribution in [0.2, 0.25) is 0 Å². The highest BCUT2D eigenvalue weighted by molar-refractivity contribution is 7.99. The highest BCUT2D eigenvalue weighted by Gasteiger charge is 2.48. The van der Waals surface area contributed by atoms with Gasteiger partial charge in [0.15, 0.2) is 0 Å². The number of amides is 1. The molecule has 186 valence electrons. The molecule has 0 aromatic rings. The predicted octanol–water partition coefficient (Wildman–Crippen LogP) is 0.560. The third kappa shape index (κ3) is 7.18. The Morgan fingerprint density at radius 1 is 1.16 bits per heavy atom. The molecule has 9 atom stereocenters. The van der Waals surface area contributed by atoms with Crippen LogP contribution in [0.1, 0.15) is 51.9 Å². The molecule has 0 bridgehead atoms. The third-order valence-corrected chi connectivity index (χ3v) is 8.05. The second kappa shape index (κ2) is 12.5. The Kier molecular flexibility index (Phi) is 10.4. The summed E-state index contributed by atoms with van der Waals surface area (Å²) in [5.74, 6) is 0.446. The Hall–Kier alpha value is -0.130. The lowest BCUT2D eigenvalue weighted by Gasteiger charge is -2.44. The van der Waals surface area contributed by atoms with Crippen molar-refractivity contribution >= 4 is 29.3 Å². The Morgan fingerprint density at radius 2 is 1.91 bits per heavy atom. The van der Waals surface area contributed by atoms with Gasteiger partial charge >= 0.3 is 0 Å². The summed E-state index contributed by atoms with van der Waals surface area (Å²) in [5.41, 5.74) is -0.709. The Labute approximate surface area is 200 Å². The molecule has 2 saturated heterocycles. The molecule has 1 saturated carbocycles. The minimum Gasteiger partial charge on any atom is -0.388 e. The van der Waals surface area contributed by atoms with Crippen LogP contribution in [-0.2, 0) is 9.53 Å². The van der Waals surface area contributed by atoms with Gasteiger partial charge in [-0.25, -0.2) is 0 Å². The minimum absolute atomic E-state index is 0.171. The van der Waals surface area contributed by atoms with Crippen LogP contribution in [-0.4, -0.2) is 93.9 Å². The predicted molar refractivity (Wildman–Crippen MR) is 127 cm³/mol. The number of ether oxygens (including phenoxy) is 1. The number of hydrogen-bond acceptors (Lipinski definition) is 8. The summed E-state index contributed by atoms with van der Waals surface area (Å²) in [7, 11) is 0. The molecule has 1 aliphatic carbocycles. The van der Waals surface area contributed by atoms with E-state index in [0.717, 1.165) is 38.4 Å². The van der Waals surface area contributed by atoms with Crippen molar-refractivity contribution < 1.29 is 24.9 Å². The molecule has 32 heavy (non-hydrogen) atoms. The molecule has 0 aromatic carbocycles. The molecule has 6 N–H and O–H groups in total. The zero-order valence-corrected chi connectivity index (χ0v) is 20.7. The van der Waals surface area contributed by atoms with Gasteiger partial charge in [-0.3, -0.25) is 4.79 Å². The zero-order chi connectivity index (χ0) is 23.3. The van der Waals surface area contributed by atoms with E-state index in [4.69, 9.17) is 16.3 Å². The van der Waals surface area contributed by atoms with Crippen LogP contribution in [0.25, 0.3) is 0 Å². The summed E-state index contributed by atoms with van der Waals surface area (Å²) < 4.78 is 5.84. The molecule has 3 unspecified atom stereocenters. The first-order chi connectivity index (χ1) is 15.3. The summed E-state index contributed by atoms with van der Waals surface area (Å²) in [6, 6.07) is -0.279. The number of halogens is 1. The normalized spacial score (nSPS) is 38.0. The van der Waals surface area contributed by atoms with Crippen molar-refractivity contribution in [1.29, 1.82) is 0 Å². The van der Waals surface area contributed by atoms with E-state index in [0.29, 0.717) is 5.92 Å². The number of thioether (sulfide) groups is 1. The molecule has 2 aliphatic heterocycles. The van der Waals surface area contributed by atoms with Crippen molar-refractivity contribution in [2.45, 2.75) is 105 Å². The van der Waals surface area contributed by atoms with Gasteiger partial charge in [0.05, 0.1) is 17.5 Å². The van der Waals surface area contributed by atoms with Crippen LogP contribution in [0.4, 0.5) is 0 Å². The molecular weight excluding hydrogens is 454 g/mol. The van der Waals surface area contributed by atoms with E-state index in [1.807, 2.05) is 0 Å². The van der Waals surface area contributed by atoms with Crippen LogP contribution in [0.5, 0.6) is 0 Å². The second-order valence-electron chi connectivity index (χ2n) is 9.50. The molecule has 3 fully saturated rings. The Morgan fingerprint density at radius 3 is 2.56 bits per heavy atom. The molecule has 1 amide bonds. The quantitative estimate of drug-likeness (QED) is 0.193. The highest BCUT2D eigenvalue weighted by atomic mass is 35.5. The molecule has 10 heteroatoms. The van der Waals surface area contributed by atoms with Crippen molar-refractivity contribution in [3.8, 4) is 0 Å². The molecule has 0 aromatic heterocycles. The van der Waals surface area contributed by atoms with Crippen LogP contribution in [0.15, 0.2) is 0 Å². The number of carbonyl (C=O) groups excluding carboxylic acids is 1. The summed E-state index contributed by atoms with van der Waals surface area (Å²) in [6.45, 7) is 3.59. The van der Waals surface area contributed by atoms with Crippen molar-refractivity contribution in [3.05, 3.63) is 0 Å². The summed E-state index contributed by atoms with van der Waals surface area (Å²) in [4.78, 5) is 13.1. The number of nitrogens with one attached hydrogen (secondary N) is 3. The number of aliphatic hydroxyl groups excluding tert-OH is 3. The largest absolute Gasteiger partial charge is 0.388 e. The van der Waals surface area contributed by atoms with Crippen LogP contribution in [0.3, 0.4) is 0 Å². The van der Waals surface area contributed by atoms with Gasteiger partial charge in [0.1, 0.15) is 29.9 Å². The topological polar surface area (TPSA) is 123 Å². The van der Waals surface area contributed by atoms with Crippen LogP contribution < -0.4 is 16.0 Å². The van der Waals surface area contributed by atoms with Gasteiger partial charge < -0.3 is 36.0 Å². The molecule has 8 nitrogen and oxygen atoms in total. The maximum atomic E-state index is 13.1. The maximum absolute atomic E-state index is 13.1. The van der Waals surface area contributed by atoms with E-state index < -0.39 is 41.3 Å². The van der Waals surface area contributed by atoms with Crippen molar-refractivity contribution in [3.63, 3.8) is 0 Å². The fraction of sp³-hybridized carbons (Fsp3) is 0.955. The van der Waals surface area contributed by atoms with E-state index in [1.54, 1.807) is 13.2 Å². The summed E-state index contributed by atoms with van der Waals surface area (Å²) >= 11 is 7.61. The number of rotatable bonds is 10. The first-order valence-corrected chi connectivity index (χ1v) is 13.7. The zero-order valence-electron chi connectivity index (χ0n) is 19.1. The van der Waals surface area contributed by atoms with Gasteiger partial charge in [-0.05, 0) is 77.1 Å². The fourth-order valence-electron chi connectivity index (χ4n) is 4.70. The van der Waals surface area contributed by atoms with Gasteiger partial charge in [0.25, 0.3) is 0 Å². The van der Waals surface area contributed by atoms with E-state index >= 15 is 0 Å². The molecular formula is C22H40ClN3O5S.